The molecule has 0 spiro atoms. The minimum Gasteiger partial charge on any atom is -0.484 e. The molecule has 2 rings (SSSR count). The zero-order valence-electron chi connectivity index (χ0n) is 9.52. The summed E-state index contributed by atoms with van der Waals surface area (Å²) in [6.07, 6.45) is 0. The number of nitriles is 1. The topological polar surface area (TPSA) is 50.1 Å². The Balaban J connectivity index is 2.10. The molecule has 1 aromatic carbocycles. The molecule has 3 nitrogen and oxygen atoms in total. The fourth-order valence-electron chi connectivity index (χ4n) is 1.41. The van der Waals surface area contributed by atoms with Gasteiger partial charge in [0, 0.05) is 0 Å². The number of carbonyl (C=O) groups excluding carboxylic acids is 1. The average molecular weight is 312 g/mol. The fourth-order valence-corrected chi connectivity index (χ4v) is 2.59. The third-order valence-electron chi connectivity index (χ3n) is 2.29. The van der Waals surface area contributed by atoms with Crippen LogP contribution < -0.4 is 4.74 Å². The van der Waals surface area contributed by atoms with Gasteiger partial charge in [-0.25, -0.2) is 0 Å². The Morgan fingerprint density at radius 2 is 2.11 bits per heavy atom. The van der Waals surface area contributed by atoms with Crippen molar-refractivity contribution in [3.63, 3.8) is 0 Å². The molecule has 2 aromatic rings. The molecule has 96 valence electrons. The summed E-state index contributed by atoms with van der Waals surface area (Å²) in [5.41, 5.74) is 0.223. The quantitative estimate of drug-likeness (QED) is 0.795. The third kappa shape index (κ3) is 3.27. The van der Waals surface area contributed by atoms with E-state index in [2.05, 4.69) is 0 Å². The average Bonchev–Trinajstić information content (AvgIpc) is 2.83. The second-order valence-electron chi connectivity index (χ2n) is 3.54. The van der Waals surface area contributed by atoms with Crippen LogP contribution in [0.25, 0.3) is 0 Å². The highest BCUT2D eigenvalue weighted by atomic mass is 35.5. The molecule has 0 bridgehead atoms. The lowest BCUT2D eigenvalue weighted by Crippen LogP contribution is -2.10. The van der Waals surface area contributed by atoms with Gasteiger partial charge in [0.05, 0.1) is 14.2 Å². The normalized spacial score (nSPS) is 9.95. The van der Waals surface area contributed by atoms with Crippen LogP contribution in [0.5, 0.6) is 5.75 Å². The van der Waals surface area contributed by atoms with E-state index in [4.69, 9.17) is 33.2 Å². The zero-order valence-corrected chi connectivity index (χ0v) is 11.9. The Kier molecular flexibility index (Phi) is 4.43. The van der Waals surface area contributed by atoms with Gasteiger partial charge in [0.25, 0.3) is 0 Å². The minimum absolute atomic E-state index is 0.161. The van der Waals surface area contributed by atoms with Gasteiger partial charge in [-0.2, -0.15) is 5.26 Å². The number of rotatable bonds is 4. The Morgan fingerprint density at radius 3 is 2.74 bits per heavy atom. The minimum atomic E-state index is -0.194. The van der Waals surface area contributed by atoms with Gasteiger partial charge in [-0.15, -0.1) is 11.3 Å². The molecule has 1 aromatic heterocycles. The first-order valence-corrected chi connectivity index (χ1v) is 6.79. The van der Waals surface area contributed by atoms with Gasteiger partial charge < -0.3 is 4.74 Å². The molecule has 1 heterocycles. The summed E-state index contributed by atoms with van der Waals surface area (Å²) in [5, 5.41) is 9.27. The lowest BCUT2D eigenvalue weighted by molar-refractivity contribution is 0.0925. The van der Waals surface area contributed by atoms with Crippen molar-refractivity contribution >= 4 is 40.3 Å². The predicted molar refractivity (Wildman–Crippen MR) is 75.3 cm³/mol. The molecule has 0 amide bonds. The van der Waals surface area contributed by atoms with Gasteiger partial charge in [-0.05, 0) is 24.3 Å². The molecular weight excluding hydrogens is 305 g/mol. The van der Waals surface area contributed by atoms with Crippen LogP contribution in [0.3, 0.4) is 0 Å². The number of halogens is 2. The summed E-state index contributed by atoms with van der Waals surface area (Å²) < 4.78 is 5.89. The highest BCUT2D eigenvalue weighted by molar-refractivity contribution is 7.18. The van der Waals surface area contributed by atoms with E-state index in [0.717, 1.165) is 0 Å². The van der Waals surface area contributed by atoms with Gasteiger partial charge in [0.15, 0.2) is 6.61 Å². The molecule has 19 heavy (non-hydrogen) atoms. The smallest absolute Gasteiger partial charge is 0.210 e. The molecule has 0 aliphatic heterocycles. The van der Waals surface area contributed by atoms with Crippen molar-refractivity contribution in [2.24, 2.45) is 0 Å². The summed E-state index contributed by atoms with van der Waals surface area (Å²) in [6.45, 7) is -0.161. The van der Waals surface area contributed by atoms with Crippen molar-refractivity contribution in [2.45, 2.75) is 0 Å². The first-order chi connectivity index (χ1) is 9.11. The van der Waals surface area contributed by atoms with Crippen LogP contribution in [0.15, 0.2) is 30.3 Å². The molecule has 0 atom stereocenters. The molecule has 6 heteroatoms. The van der Waals surface area contributed by atoms with Crippen molar-refractivity contribution in [3.8, 4) is 11.8 Å². The lowest BCUT2D eigenvalue weighted by Gasteiger charge is -2.07. The summed E-state index contributed by atoms with van der Waals surface area (Å²) in [5.74, 6) is 0.103. The maximum absolute atomic E-state index is 11.8. The molecule has 0 unspecified atom stereocenters. The molecule has 0 aliphatic carbocycles. The van der Waals surface area contributed by atoms with Crippen LogP contribution in [0.2, 0.25) is 9.36 Å². The molecule has 0 fully saturated rings. The predicted octanol–water partition coefficient (Wildman–Crippen LogP) is 4.19. The Morgan fingerprint density at radius 1 is 1.32 bits per heavy atom. The van der Waals surface area contributed by atoms with E-state index in [9.17, 15) is 4.79 Å². The third-order valence-corrected chi connectivity index (χ3v) is 3.88. The van der Waals surface area contributed by atoms with E-state index >= 15 is 0 Å². The fraction of sp³-hybridized carbons (Fsp3) is 0.0769. The summed E-state index contributed by atoms with van der Waals surface area (Å²) in [4.78, 5) is 12.3. The summed E-state index contributed by atoms with van der Waals surface area (Å²) in [7, 11) is 0. The Labute approximate surface area is 123 Å². The number of ether oxygens (including phenoxy) is 1. The first-order valence-electron chi connectivity index (χ1n) is 5.21. The maximum Gasteiger partial charge on any atom is 0.210 e. The molecule has 0 aliphatic rings. The van der Waals surface area contributed by atoms with E-state index in [1.807, 2.05) is 6.07 Å². The van der Waals surface area contributed by atoms with Crippen molar-refractivity contribution in [2.75, 3.05) is 6.61 Å². The SMILES string of the molecule is N#Cc1c(Cl)cccc1OCC(=O)c1ccc(Cl)s1. The summed E-state index contributed by atoms with van der Waals surface area (Å²) >= 11 is 12.8. The number of thiophene rings is 1. The van der Waals surface area contributed by atoms with Gasteiger partial charge in [0.1, 0.15) is 17.4 Å². The van der Waals surface area contributed by atoms with Gasteiger partial charge >= 0.3 is 0 Å². The molecule has 0 radical (unpaired) electrons. The second-order valence-corrected chi connectivity index (χ2v) is 5.66. The van der Waals surface area contributed by atoms with Crippen molar-refractivity contribution in [1.82, 2.24) is 0 Å². The van der Waals surface area contributed by atoms with Crippen LogP contribution >= 0.6 is 34.5 Å². The Hall–Kier alpha value is -1.54. The lowest BCUT2D eigenvalue weighted by atomic mass is 10.2. The van der Waals surface area contributed by atoms with Crippen LogP contribution in [-0.2, 0) is 0 Å². The highest BCUT2D eigenvalue weighted by Gasteiger charge is 2.12. The van der Waals surface area contributed by atoms with Gasteiger partial charge in [-0.1, -0.05) is 29.3 Å². The van der Waals surface area contributed by atoms with Crippen LogP contribution in [0.1, 0.15) is 15.2 Å². The van der Waals surface area contributed by atoms with Crippen LogP contribution in [0.4, 0.5) is 0 Å². The maximum atomic E-state index is 11.8. The second kappa shape index (κ2) is 6.07. The number of hydrogen-bond donors (Lipinski definition) is 0. The van der Waals surface area contributed by atoms with E-state index in [-0.39, 0.29) is 18.0 Å². The van der Waals surface area contributed by atoms with E-state index < -0.39 is 0 Å². The molecule has 0 saturated carbocycles. The first kappa shape index (κ1) is 13.9. The van der Waals surface area contributed by atoms with Gasteiger partial charge in [-0.3, -0.25) is 4.79 Å². The number of benzene rings is 1. The van der Waals surface area contributed by atoms with E-state index in [1.54, 1.807) is 30.3 Å². The van der Waals surface area contributed by atoms with Crippen molar-refractivity contribution in [1.29, 1.82) is 5.26 Å². The van der Waals surface area contributed by atoms with E-state index in [0.29, 0.717) is 20.0 Å². The Bertz CT molecular complexity index is 661. The zero-order chi connectivity index (χ0) is 13.8. The van der Waals surface area contributed by atoms with Crippen molar-refractivity contribution in [3.05, 3.63) is 50.1 Å². The van der Waals surface area contributed by atoms with Crippen molar-refractivity contribution < 1.29 is 9.53 Å². The van der Waals surface area contributed by atoms with Gasteiger partial charge in [0.2, 0.25) is 5.78 Å². The molecule has 0 saturated heterocycles. The highest BCUT2D eigenvalue weighted by Crippen LogP contribution is 2.26. The summed E-state index contributed by atoms with van der Waals surface area (Å²) in [6, 6.07) is 10.1. The number of Topliss-reactive ketones (excluding diaryl/α,β-unsaturated/α-hetero) is 1. The standard InChI is InChI=1S/C13H7Cl2NO2S/c14-9-2-1-3-11(8(9)6-16)18-7-10(17)12-4-5-13(15)19-12/h1-5H,7H2. The number of hydrogen-bond acceptors (Lipinski definition) is 4. The van der Waals surface area contributed by atoms with Crippen LogP contribution in [0, 0.1) is 11.3 Å². The number of nitrogens with zero attached hydrogens (tertiary/aromatic N) is 1. The van der Waals surface area contributed by atoms with Crippen LogP contribution in [-0.4, -0.2) is 12.4 Å². The largest absolute Gasteiger partial charge is 0.484 e. The monoisotopic (exact) mass is 311 g/mol. The van der Waals surface area contributed by atoms with E-state index in [1.165, 1.54) is 11.3 Å². The number of carbonyl (C=O) groups is 1. The number of ketones is 1. The molecular formula is C13H7Cl2NO2S. The molecule has 0 N–H and O–H groups in total.